The molecule has 0 atom stereocenters. The molecule has 0 aliphatic carbocycles. The molecule has 0 saturated heterocycles. The Labute approximate surface area is 122 Å². The smallest absolute Gasteiger partial charge is 0.305 e. The largest absolute Gasteiger partial charge is 0.469 e. The molecule has 0 aromatic rings. The van der Waals surface area contributed by atoms with Crippen molar-refractivity contribution in [2.45, 2.75) is 39.5 Å². The van der Waals surface area contributed by atoms with Gasteiger partial charge in [-0.1, -0.05) is 6.42 Å². The molecule has 0 spiro atoms. The summed E-state index contributed by atoms with van der Waals surface area (Å²) in [7, 11) is 1.42. The molecule has 6 nitrogen and oxygen atoms in total. The van der Waals surface area contributed by atoms with Crippen molar-refractivity contribution in [2.75, 3.05) is 40.0 Å². The van der Waals surface area contributed by atoms with E-state index in [0.717, 1.165) is 51.5 Å². The normalized spacial score (nSPS) is 11.2. The average Bonchev–Trinajstić information content (AvgIpc) is 2.46. The van der Waals surface area contributed by atoms with Gasteiger partial charge in [0.2, 0.25) is 0 Å². The lowest BCUT2D eigenvalue weighted by Crippen LogP contribution is -2.39. The summed E-state index contributed by atoms with van der Waals surface area (Å²) in [5.41, 5.74) is 0. The van der Waals surface area contributed by atoms with Crippen LogP contribution in [0.4, 0.5) is 0 Å². The van der Waals surface area contributed by atoms with Gasteiger partial charge in [-0.25, -0.2) is 0 Å². The Morgan fingerprint density at radius 1 is 1.15 bits per heavy atom. The summed E-state index contributed by atoms with van der Waals surface area (Å²) in [6, 6.07) is 0. The van der Waals surface area contributed by atoms with E-state index >= 15 is 0 Å². The van der Waals surface area contributed by atoms with Crippen molar-refractivity contribution in [3.8, 4) is 0 Å². The van der Waals surface area contributed by atoms with E-state index in [1.54, 1.807) is 0 Å². The Morgan fingerprint density at radius 3 is 2.60 bits per heavy atom. The Kier molecular flexibility index (Phi) is 13.2. The van der Waals surface area contributed by atoms with Crippen molar-refractivity contribution in [2.24, 2.45) is 4.99 Å². The molecule has 0 saturated carbocycles. The van der Waals surface area contributed by atoms with E-state index in [0.29, 0.717) is 13.0 Å². The van der Waals surface area contributed by atoms with Gasteiger partial charge in [-0.05, 0) is 26.7 Å². The van der Waals surface area contributed by atoms with E-state index < -0.39 is 0 Å². The Balaban J connectivity index is 3.70. The maximum absolute atomic E-state index is 10.9. The van der Waals surface area contributed by atoms with Gasteiger partial charge in [0.25, 0.3) is 0 Å². The molecule has 0 aromatic carbocycles. The van der Waals surface area contributed by atoms with Crippen molar-refractivity contribution in [1.82, 2.24) is 10.6 Å². The van der Waals surface area contributed by atoms with Crippen LogP contribution in [0.1, 0.15) is 39.5 Å². The van der Waals surface area contributed by atoms with Gasteiger partial charge in [-0.3, -0.25) is 9.79 Å². The Bertz CT molecular complexity index is 270. The van der Waals surface area contributed by atoms with Crippen molar-refractivity contribution >= 4 is 11.9 Å². The summed E-state index contributed by atoms with van der Waals surface area (Å²) in [6.45, 7) is 7.77. The number of hydrogen-bond acceptors (Lipinski definition) is 4. The zero-order valence-corrected chi connectivity index (χ0v) is 13.0. The first-order valence-corrected chi connectivity index (χ1v) is 7.41. The van der Waals surface area contributed by atoms with E-state index in [-0.39, 0.29) is 5.97 Å². The molecule has 0 aliphatic heterocycles. The molecule has 0 aliphatic rings. The Morgan fingerprint density at radius 2 is 1.95 bits per heavy atom. The fourth-order valence-corrected chi connectivity index (χ4v) is 1.58. The van der Waals surface area contributed by atoms with E-state index in [2.05, 4.69) is 20.4 Å². The van der Waals surface area contributed by atoms with Gasteiger partial charge >= 0.3 is 5.97 Å². The zero-order valence-electron chi connectivity index (χ0n) is 13.0. The summed E-state index contributed by atoms with van der Waals surface area (Å²) >= 11 is 0. The van der Waals surface area contributed by atoms with Crippen LogP contribution in [0.5, 0.6) is 0 Å². The third kappa shape index (κ3) is 11.8. The molecule has 0 rings (SSSR count). The van der Waals surface area contributed by atoms with Crippen molar-refractivity contribution in [3.63, 3.8) is 0 Å². The lowest BCUT2D eigenvalue weighted by molar-refractivity contribution is -0.140. The highest BCUT2D eigenvalue weighted by Crippen LogP contribution is 2.01. The highest BCUT2D eigenvalue weighted by atomic mass is 16.5. The lowest BCUT2D eigenvalue weighted by atomic mass is 10.2. The number of methoxy groups -OCH3 is 1. The van der Waals surface area contributed by atoms with Gasteiger partial charge in [0.15, 0.2) is 5.96 Å². The van der Waals surface area contributed by atoms with E-state index in [1.165, 1.54) is 7.11 Å². The minimum Gasteiger partial charge on any atom is -0.469 e. The number of rotatable bonds is 11. The molecule has 6 heteroatoms. The molecule has 0 bridgehead atoms. The number of aliphatic imine (C=N–C) groups is 1. The SMILES string of the molecule is CCNC(=NCCCCCC(=O)OC)NCCOCC. The van der Waals surface area contributed by atoms with Gasteiger partial charge in [-0.15, -0.1) is 0 Å². The second-order valence-electron chi connectivity index (χ2n) is 4.27. The number of carbonyl (C=O) groups excluding carboxylic acids is 1. The second kappa shape index (κ2) is 14.1. The first-order valence-electron chi connectivity index (χ1n) is 7.41. The van der Waals surface area contributed by atoms with Crippen LogP contribution in [0.3, 0.4) is 0 Å². The van der Waals surface area contributed by atoms with Gasteiger partial charge < -0.3 is 20.1 Å². The molecule has 0 amide bonds. The average molecular weight is 287 g/mol. The van der Waals surface area contributed by atoms with E-state index in [9.17, 15) is 4.79 Å². The van der Waals surface area contributed by atoms with Gasteiger partial charge in [0.05, 0.1) is 13.7 Å². The maximum atomic E-state index is 10.9. The highest BCUT2D eigenvalue weighted by Gasteiger charge is 1.99. The molecule has 2 N–H and O–H groups in total. The van der Waals surface area contributed by atoms with Crippen molar-refractivity contribution in [3.05, 3.63) is 0 Å². The van der Waals surface area contributed by atoms with Gasteiger partial charge in [-0.2, -0.15) is 0 Å². The lowest BCUT2D eigenvalue weighted by Gasteiger charge is -2.11. The predicted molar refractivity (Wildman–Crippen MR) is 81.0 cm³/mol. The van der Waals surface area contributed by atoms with Crippen LogP contribution in [0.15, 0.2) is 4.99 Å². The van der Waals surface area contributed by atoms with E-state index in [4.69, 9.17) is 4.74 Å². The van der Waals surface area contributed by atoms with Crippen LogP contribution in [0, 0.1) is 0 Å². The number of nitrogens with zero attached hydrogens (tertiary/aromatic N) is 1. The second-order valence-corrected chi connectivity index (χ2v) is 4.27. The Hall–Kier alpha value is -1.30. The minimum absolute atomic E-state index is 0.139. The van der Waals surface area contributed by atoms with Crippen LogP contribution >= 0.6 is 0 Å². The van der Waals surface area contributed by atoms with Gasteiger partial charge in [0, 0.05) is 32.7 Å². The number of unbranched alkanes of at least 4 members (excludes halogenated alkanes) is 2. The molecular weight excluding hydrogens is 258 g/mol. The van der Waals surface area contributed by atoms with Crippen LogP contribution in [0.2, 0.25) is 0 Å². The summed E-state index contributed by atoms with van der Waals surface area (Å²) in [5, 5.41) is 6.40. The molecule has 0 fully saturated rings. The third-order valence-electron chi connectivity index (χ3n) is 2.62. The first-order chi connectivity index (χ1) is 9.74. The van der Waals surface area contributed by atoms with E-state index in [1.807, 2.05) is 13.8 Å². The number of carbonyl (C=O) groups is 1. The summed E-state index contributed by atoms with van der Waals surface area (Å²) < 4.78 is 9.86. The minimum atomic E-state index is -0.139. The molecule has 0 unspecified atom stereocenters. The fourth-order valence-electron chi connectivity index (χ4n) is 1.58. The third-order valence-corrected chi connectivity index (χ3v) is 2.62. The maximum Gasteiger partial charge on any atom is 0.305 e. The van der Waals surface area contributed by atoms with Crippen molar-refractivity contribution < 1.29 is 14.3 Å². The van der Waals surface area contributed by atoms with Gasteiger partial charge in [0.1, 0.15) is 0 Å². The van der Waals surface area contributed by atoms with Crippen LogP contribution in [-0.4, -0.2) is 51.9 Å². The monoisotopic (exact) mass is 287 g/mol. The number of guanidine groups is 1. The number of nitrogens with one attached hydrogen (secondary N) is 2. The predicted octanol–water partition coefficient (Wildman–Crippen LogP) is 1.31. The molecular formula is C14H29N3O3. The van der Waals surface area contributed by atoms with Crippen LogP contribution in [-0.2, 0) is 14.3 Å². The topological polar surface area (TPSA) is 72.0 Å². The van der Waals surface area contributed by atoms with Crippen molar-refractivity contribution in [1.29, 1.82) is 0 Å². The van der Waals surface area contributed by atoms with Crippen LogP contribution < -0.4 is 10.6 Å². The zero-order chi connectivity index (χ0) is 15.1. The summed E-state index contributed by atoms with van der Waals surface area (Å²) in [4.78, 5) is 15.4. The molecule has 118 valence electrons. The number of ether oxygens (including phenoxy) is 2. The van der Waals surface area contributed by atoms with Crippen LogP contribution in [0.25, 0.3) is 0 Å². The first kappa shape index (κ1) is 18.7. The summed E-state index contributed by atoms with van der Waals surface area (Å²) in [6.07, 6.45) is 3.30. The summed E-state index contributed by atoms with van der Waals surface area (Å²) in [5.74, 6) is 0.680. The molecule has 0 aromatic heterocycles. The highest BCUT2D eigenvalue weighted by molar-refractivity contribution is 5.79. The molecule has 0 heterocycles. The molecule has 20 heavy (non-hydrogen) atoms. The number of esters is 1. The molecule has 0 radical (unpaired) electrons. The fraction of sp³-hybridized carbons (Fsp3) is 0.857. The quantitative estimate of drug-likeness (QED) is 0.259. The number of hydrogen-bond donors (Lipinski definition) is 2. The standard InChI is InChI=1S/C14H29N3O3/c1-4-15-14(17-11-12-20-5-2)16-10-8-6-7-9-13(18)19-3/h4-12H2,1-3H3,(H2,15,16,17).